The maximum absolute atomic E-state index is 12.3. The third-order valence-electron chi connectivity index (χ3n) is 3.78. The Balaban J connectivity index is 2.31. The van der Waals surface area contributed by atoms with Crippen molar-refractivity contribution in [3.63, 3.8) is 0 Å². The summed E-state index contributed by atoms with van der Waals surface area (Å²) in [6.45, 7) is 1.87. The molecule has 0 aromatic carbocycles. The molecule has 4 N–H and O–H groups in total. The lowest BCUT2D eigenvalue weighted by molar-refractivity contribution is 0.142. The number of aromatic nitrogens is 2. The molecule has 0 saturated heterocycles. The summed E-state index contributed by atoms with van der Waals surface area (Å²) in [5.74, 6) is 0.424. The van der Waals surface area contributed by atoms with Gasteiger partial charge in [0.25, 0.3) is 0 Å². The highest BCUT2D eigenvalue weighted by Gasteiger charge is 2.17. The lowest BCUT2D eigenvalue weighted by Gasteiger charge is -2.16. The summed E-state index contributed by atoms with van der Waals surface area (Å²) < 4.78 is 25.3. The zero-order valence-electron chi connectivity index (χ0n) is 14.3. The van der Waals surface area contributed by atoms with Crippen molar-refractivity contribution in [1.82, 2.24) is 9.97 Å². The van der Waals surface area contributed by atoms with Gasteiger partial charge in [0, 0.05) is 43.4 Å². The Bertz CT molecular complexity index is 803. The summed E-state index contributed by atoms with van der Waals surface area (Å²) in [5.41, 5.74) is 8.78. The molecule has 2 aromatic rings. The zero-order valence-corrected chi connectivity index (χ0v) is 15.9. The molecule has 2 aromatic heterocycles. The molecule has 0 atom stereocenters. The fourth-order valence-corrected chi connectivity index (χ4v) is 2.86. The first-order chi connectivity index (χ1) is 12.4. The molecule has 0 amide bonds. The van der Waals surface area contributed by atoms with Crippen molar-refractivity contribution < 1.29 is 8.78 Å². The summed E-state index contributed by atoms with van der Waals surface area (Å²) in [4.78, 5) is 19.4. The van der Waals surface area contributed by atoms with Crippen LogP contribution < -0.4 is 16.4 Å². The molecule has 0 aliphatic rings. The van der Waals surface area contributed by atoms with Gasteiger partial charge in [0.05, 0.1) is 10.2 Å². The maximum Gasteiger partial charge on any atom is 0.240 e. The lowest BCUT2D eigenvalue weighted by Crippen LogP contribution is -2.10. The molecule has 0 aliphatic heterocycles. The van der Waals surface area contributed by atoms with Crippen LogP contribution in [0.1, 0.15) is 23.4 Å². The van der Waals surface area contributed by atoms with Crippen LogP contribution in [0.3, 0.4) is 0 Å². The molecule has 0 fully saturated rings. The molecule has 2 rings (SSSR count). The second kappa shape index (κ2) is 8.84. The molecule has 0 aliphatic carbocycles. The predicted molar refractivity (Wildman–Crippen MR) is 102 cm³/mol. The molecule has 2 heterocycles. The quantitative estimate of drug-likeness (QED) is 0.543. The van der Waals surface area contributed by atoms with Gasteiger partial charge >= 0.3 is 0 Å². The first kappa shape index (κ1) is 20.0. The van der Waals surface area contributed by atoms with Crippen molar-refractivity contribution in [3.05, 3.63) is 38.5 Å². The van der Waals surface area contributed by atoms with E-state index >= 15 is 0 Å². The van der Waals surface area contributed by atoms with Crippen LogP contribution in [-0.4, -0.2) is 30.0 Å². The van der Waals surface area contributed by atoms with Crippen molar-refractivity contribution in [2.24, 2.45) is 5.18 Å². The number of anilines is 3. The number of nitrogen functional groups attached to an aromatic ring is 1. The topological polar surface area (TPSA) is 105 Å². The normalized spacial score (nSPS) is 10.8. The van der Waals surface area contributed by atoms with Gasteiger partial charge in [0.2, 0.25) is 12.2 Å². The average molecular weight is 429 g/mol. The van der Waals surface area contributed by atoms with Gasteiger partial charge in [-0.15, -0.1) is 4.91 Å². The smallest absolute Gasteiger partial charge is 0.240 e. The van der Waals surface area contributed by atoms with E-state index in [1.165, 1.54) is 0 Å². The van der Waals surface area contributed by atoms with Crippen LogP contribution in [0.2, 0.25) is 0 Å². The van der Waals surface area contributed by atoms with Crippen molar-refractivity contribution in [2.75, 3.05) is 30.0 Å². The van der Waals surface area contributed by atoms with E-state index < -0.39 is 6.43 Å². The van der Waals surface area contributed by atoms with Crippen molar-refractivity contribution in [3.8, 4) is 0 Å². The lowest BCUT2D eigenvalue weighted by atomic mass is 10.0. The molecule has 0 radical (unpaired) electrons. The summed E-state index contributed by atoms with van der Waals surface area (Å²) in [7, 11) is 1.69. The number of nitrogens with two attached hydrogens (primary N) is 1. The third kappa shape index (κ3) is 4.63. The fraction of sp³-hybridized carbons (Fsp3) is 0.375. The minimum absolute atomic E-state index is 0.0614. The van der Waals surface area contributed by atoms with Gasteiger partial charge in [0.15, 0.2) is 0 Å². The number of rotatable bonds is 8. The van der Waals surface area contributed by atoms with Crippen molar-refractivity contribution in [1.29, 1.82) is 0 Å². The number of nitrogens with zero attached hydrogens (tertiary/aromatic N) is 3. The molecule has 10 heteroatoms. The number of hydrogen-bond acceptors (Lipinski definition) is 7. The van der Waals surface area contributed by atoms with Gasteiger partial charge in [-0.1, -0.05) is 0 Å². The Hall–Kier alpha value is -2.36. The van der Waals surface area contributed by atoms with Gasteiger partial charge in [0.1, 0.15) is 11.5 Å². The van der Waals surface area contributed by atoms with Crippen LogP contribution in [0.4, 0.5) is 31.8 Å². The molecule has 140 valence electrons. The molecule has 26 heavy (non-hydrogen) atoms. The highest BCUT2D eigenvalue weighted by Crippen LogP contribution is 2.34. The molecular formula is C16H19BrF2N6O. The number of nitrogens with one attached hydrogen (secondary N) is 2. The Morgan fingerprint density at radius 1 is 1.35 bits per heavy atom. The number of hydrogen-bond donors (Lipinski definition) is 3. The van der Waals surface area contributed by atoms with E-state index in [1.807, 2.05) is 6.07 Å². The largest absolute Gasteiger partial charge is 0.394 e. The van der Waals surface area contributed by atoms with Crippen LogP contribution in [-0.2, 0) is 6.42 Å². The number of nitroso groups, excluding NO2 is 1. The standard InChI is InChI=1S/C16H19BrF2N6O/c1-8-10(14(21-2)13(20)16(23-8)25-26)7-9-3-4-11(17)15(24-9)22-6-5-12(18)19/h3-4,12H,5-7,20H2,1-2H3,(H,21,23)(H,22,24). The molecule has 0 saturated carbocycles. The molecule has 0 bridgehead atoms. The van der Waals surface area contributed by atoms with E-state index in [0.29, 0.717) is 33.8 Å². The van der Waals surface area contributed by atoms with Gasteiger partial charge in [-0.05, 0) is 40.2 Å². The van der Waals surface area contributed by atoms with Crippen molar-refractivity contribution in [2.45, 2.75) is 26.2 Å². The predicted octanol–water partition coefficient (Wildman–Crippen LogP) is 4.23. The first-order valence-corrected chi connectivity index (χ1v) is 8.64. The Morgan fingerprint density at radius 3 is 2.69 bits per heavy atom. The minimum Gasteiger partial charge on any atom is -0.394 e. The minimum atomic E-state index is -2.37. The number of aryl methyl sites for hydroxylation is 1. The van der Waals surface area contributed by atoms with Gasteiger partial charge in [-0.2, -0.15) is 0 Å². The SMILES string of the molecule is CNc1c(N)c(N=O)nc(C)c1Cc1ccc(Br)c(NCCC(F)F)n1. The first-order valence-electron chi connectivity index (χ1n) is 7.84. The maximum atomic E-state index is 12.3. The fourth-order valence-electron chi connectivity index (χ4n) is 2.50. The van der Waals surface area contributed by atoms with E-state index in [0.717, 1.165) is 5.56 Å². The monoisotopic (exact) mass is 428 g/mol. The van der Waals surface area contributed by atoms with E-state index in [1.54, 1.807) is 20.0 Å². The van der Waals surface area contributed by atoms with Crippen LogP contribution in [0.15, 0.2) is 21.8 Å². The summed E-state index contributed by atoms with van der Waals surface area (Å²) in [6.07, 6.45) is -2.23. The van der Waals surface area contributed by atoms with Crippen molar-refractivity contribution >= 4 is 38.9 Å². The molecule has 0 spiro atoms. The average Bonchev–Trinajstić information content (AvgIpc) is 2.60. The highest BCUT2D eigenvalue weighted by molar-refractivity contribution is 9.10. The highest BCUT2D eigenvalue weighted by atomic mass is 79.9. The Kier molecular flexibility index (Phi) is 6.78. The van der Waals surface area contributed by atoms with E-state index in [-0.39, 0.29) is 24.5 Å². The number of pyridine rings is 2. The second-order valence-corrected chi connectivity index (χ2v) is 6.40. The molecule has 7 nitrogen and oxygen atoms in total. The van der Waals surface area contributed by atoms with Gasteiger partial charge in [-0.3, -0.25) is 0 Å². The van der Waals surface area contributed by atoms with Crippen LogP contribution in [0.25, 0.3) is 0 Å². The third-order valence-corrected chi connectivity index (χ3v) is 4.42. The number of halogens is 3. The van der Waals surface area contributed by atoms with E-state index in [2.05, 4.69) is 41.7 Å². The number of alkyl halides is 2. The van der Waals surface area contributed by atoms with E-state index in [4.69, 9.17) is 5.73 Å². The Morgan fingerprint density at radius 2 is 2.08 bits per heavy atom. The van der Waals surface area contributed by atoms with Crippen LogP contribution in [0, 0.1) is 11.8 Å². The Labute approximate surface area is 157 Å². The summed E-state index contributed by atoms with van der Waals surface area (Å²) in [5, 5.41) is 8.71. The summed E-state index contributed by atoms with van der Waals surface area (Å²) >= 11 is 3.35. The molecule has 0 unspecified atom stereocenters. The molecular weight excluding hydrogens is 410 g/mol. The zero-order chi connectivity index (χ0) is 19.3. The second-order valence-electron chi connectivity index (χ2n) is 5.55. The van der Waals surface area contributed by atoms with Crippen LogP contribution in [0.5, 0.6) is 0 Å². The van der Waals surface area contributed by atoms with Crippen LogP contribution >= 0.6 is 15.9 Å². The van der Waals surface area contributed by atoms with Gasteiger partial charge in [-0.25, -0.2) is 18.7 Å². The summed E-state index contributed by atoms with van der Waals surface area (Å²) in [6, 6.07) is 3.60. The van der Waals surface area contributed by atoms with E-state index in [9.17, 15) is 13.7 Å². The van der Waals surface area contributed by atoms with Gasteiger partial charge < -0.3 is 16.4 Å².